The van der Waals surface area contributed by atoms with E-state index in [1.54, 1.807) is 35.6 Å². The van der Waals surface area contributed by atoms with Crippen molar-refractivity contribution < 1.29 is 29.0 Å². The number of carbonyl (C=O) groups excluding carboxylic acids is 3. The Labute approximate surface area is 262 Å². The molecule has 2 amide bonds. The summed E-state index contributed by atoms with van der Waals surface area (Å²) in [5, 5.41) is 13.4. The van der Waals surface area contributed by atoms with Crippen molar-refractivity contribution >= 4 is 28.9 Å². The van der Waals surface area contributed by atoms with Crippen LogP contribution in [0.2, 0.25) is 0 Å². The molecule has 0 spiro atoms. The summed E-state index contributed by atoms with van der Waals surface area (Å²) in [5.41, 5.74) is 9.66. The minimum absolute atomic E-state index is 0.0374. The van der Waals surface area contributed by atoms with E-state index >= 15 is 0 Å². The molecular formula is C33H42N4O6S. The number of nitrogens with zero attached hydrogens (tertiary/aromatic N) is 2. The third-order valence-corrected chi connectivity index (χ3v) is 8.66. The zero-order valence-corrected chi connectivity index (χ0v) is 26.6. The second-order valence-electron chi connectivity index (χ2n) is 12.1. The predicted octanol–water partition coefficient (Wildman–Crippen LogP) is 3.73. The molecule has 1 aliphatic heterocycles. The SMILES string of the molecule is Cc1ncsc1-c1ccc(CNC(=O)[C@@H]2C[C@@H](O)CN2C(=O)[C@@H](CC(=O)COc2ccc(OCCN)cc2)C(C)(C)C)cc1. The zero-order valence-electron chi connectivity index (χ0n) is 25.7. The fraction of sp³-hybridized carbons (Fsp3) is 0.455. The van der Waals surface area contributed by atoms with Gasteiger partial charge in [-0.25, -0.2) is 4.98 Å². The highest BCUT2D eigenvalue weighted by molar-refractivity contribution is 7.13. The molecule has 10 nitrogen and oxygen atoms in total. The van der Waals surface area contributed by atoms with E-state index < -0.39 is 23.5 Å². The highest BCUT2D eigenvalue weighted by Gasteiger charge is 2.44. The third kappa shape index (κ3) is 8.64. The van der Waals surface area contributed by atoms with E-state index in [-0.39, 0.29) is 50.1 Å². The van der Waals surface area contributed by atoms with Gasteiger partial charge in [0.25, 0.3) is 0 Å². The molecule has 11 heteroatoms. The van der Waals surface area contributed by atoms with Crippen LogP contribution >= 0.6 is 11.3 Å². The van der Waals surface area contributed by atoms with E-state index in [1.807, 2.05) is 57.5 Å². The highest BCUT2D eigenvalue weighted by atomic mass is 32.1. The monoisotopic (exact) mass is 622 g/mol. The Morgan fingerprint density at radius 3 is 2.34 bits per heavy atom. The molecule has 44 heavy (non-hydrogen) atoms. The van der Waals surface area contributed by atoms with E-state index in [9.17, 15) is 19.5 Å². The number of likely N-dealkylation sites (tertiary alicyclic amines) is 1. The number of carbonyl (C=O) groups is 3. The summed E-state index contributed by atoms with van der Waals surface area (Å²) in [5.74, 6) is -0.441. The maximum Gasteiger partial charge on any atom is 0.243 e. The minimum atomic E-state index is -0.826. The summed E-state index contributed by atoms with van der Waals surface area (Å²) in [7, 11) is 0. The van der Waals surface area contributed by atoms with Crippen molar-refractivity contribution in [3.63, 3.8) is 0 Å². The summed E-state index contributed by atoms with van der Waals surface area (Å²) in [6.07, 6.45) is -0.736. The van der Waals surface area contributed by atoms with E-state index in [2.05, 4.69) is 10.3 Å². The van der Waals surface area contributed by atoms with Crippen LogP contribution in [0.25, 0.3) is 10.4 Å². The first-order valence-corrected chi connectivity index (χ1v) is 15.7. The summed E-state index contributed by atoms with van der Waals surface area (Å²) < 4.78 is 11.1. The van der Waals surface area contributed by atoms with E-state index in [1.165, 1.54) is 4.90 Å². The number of β-amino-alcohol motifs (C(OH)–C–C–N with tert-alkyl or cyclic N) is 1. The van der Waals surface area contributed by atoms with Crippen LogP contribution in [0.3, 0.4) is 0 Å². The van der Waals surface area contributed by atoms with Crippen molar-refractivity contribution in [1.82, 2.24) is 15.2 Å². The number of benzene rings is 2. The number of ether oxygens (including phenoxy) is 2. The Balaban J connectivity index is 1.35. The van der Waals surface area contributed by atoms with Gasteiger partial charge < -0.3 is 30.5 Å². The third-order valence-electron chi connectivity index (χ3n) is 7.68. The van der Waals surface area contributed by atoms with Gasteiger partial charge in [-0.3, -0.25) is 14.4 Å². The molecule has 3 atom stereocenters. The van der Waals surface area contributed by atoms with Gasteiger partial charge in [0, 0.05) is 32.5 Å². The van der Waals surface area contributed by atoms with E-state index in [0.717, 1.165) is 21.7 Å². The van der Waals surface area contributed by atoms with Crippen molar-refractivity contribution in [3.8, 4) is 21.9 Å². The van der Waals surface area contributed by atoms with Gasteiger partial charge in [-0.2, -0.15) is 0 Å². The number of nitrogens with one attached hydrogen (secondary N) is 1. The van der Waals surface area contributed by atoms with Crippen LogP contribution in [0.5, 0.6) is 11.5 Å². The molecule has 1 aliphatic rings. The molecule has 1 fully saturated rings. The van der Waals surface area contributed by atoms with Gasteiger partial charge in [-0.15, -0.1) is 11.3 Å². The molecule has 2 heterocycles. The molecule has 1 aromatic heterocycles. The molecule has 2 aromatic carbocycles. The molecule has 4 rings (SSSR count). The van der Waals surface area contributed by atoms with Crippen molar-refractivity contribution in [3.05, 3.63) is 65.3 Å². The molecule has 0 unspecified atom stereocenters. The second-order valence-corrected chi connectivity index (χ2v) is 13.0. The lowest BCUT2D eigenvalue weighted by atomic mass is 9.77. The van der Waals surface area contributed by atoms with Crippen molar-refractivity contribution in [2.75, 3.05) is 26.3 Å². The predicted molar refractivity (Wildman–Crippen MR) is 169 cm³/mol. The van der Waals surface area contributed by atoms with Crippen molar-refractivity contribution in [2.45, 2.75) is 59.2 Å². The first-order valence-electron chi connectivity index (χ1n) is 14.8. The van der Waals surface area contributed by atoms with Crippen LogP contribution in [0, 0.1) is 18.3 Å². The minimum Gasteiger partial charge on any atom is -0.492 e. The summed E-state index contributed by atoms with van der Waals surface area (Å²) in [6.45, 7) is 8.58. The van der Waals surface area contributed by atoms with Crippen LogP contribution in [-0.4, -0.2) is 71.0 Å². The van der Waals surface area contributed by atoms with Crippen LogP contribution in [0.15, 0.2) is 54.0 Å². The number of amides is 2. The second kappa shape index (κ2) is 14.8. The number of hydrogen-bond donors (Lipinski definition) is 3. The van der Waals surface area contributed by atoms with Gasteiger partial charge in [0.15, 0.2) is 5.78 Å². The maximum atomic E-state index is 13.9. The van der Waals surface area contributed by atoms with Crippen LogP contribution < -0.4 is 20.5 Å². The molecular weight excluding hydrogens is 580 g/mol. The van der Waals surface area contributed by atoms with E-state index in [4.69, 9.17) is 15.2 Å². The zero-order chi connectivity index (χ0) is 31.9. The first kappa shape index (κ1) is 33.1. The summed E-state index contributed by atoms with van der Waals surface area (Å²) in [6, 6.07) is 14.0. The number of thiazole rings is 1. The number of aryl methyl sites for hydroxylation is 1. The molecule has 4 N–H and O–H groups in total. The number of nitrogens with two attached hydrogens (primary N) is 1. The molecule has 1 saturated heterocycles. The Morgan fingerprint density at radius 1 is 1.09 bits per heavy atom. The molecule has 0 saturated carbocycles. The number of aliphatic hydroxyl groups is 1. The van der Waals surface area contributed by atoms with Gasteiger partial charge in [0.1, 0.15) is 30.8 Å². The standard InChI is InChI=1S/C33H42N4O6S/c1-21-30(44-20-36-21)23-7-5-22(6-8-23)17-35-31(40)29-16-24(38)18-37(29)32(41)28(33(2,3)4)15-25(39)19-43-27-11-9-26(10-12-27)42-14-13-34/h5-12,20,24,28-29,38H,13-19,34H2,1-4H3,(H,35,40)/t24-,28-,29+/m1/s1. The van der Waals surface area contributed by atoms with Gasteiger partial charge in [0.2, 0.25) is 11.8 Å². The van der Waals surface area contributed by atoms with Gasteiger partial charge in [0.05, 0.1) is 28.1 Å². The van der Waals surface area contributed by atoms with Gasteiger partial charge in [-0.05, 0) is 47.7 Å². The number of aliphatic hydroxyl groups excluding tert-OH is 1. The van der Waals surface area contributed by atoms with Crippen molar-refractivity contribution in [1.29, 1.82) is 0 Å². The largest absolute Gasteiger partial charge is 0.492 e. The topological polar surface area (TPSA) is 144 Å². The Bertz CT molecular complexity index is 1420. The number of hydrogen-bond acceptors (Lipinski definition) is 9. The van der Waals surface area contributed by atoms with Gasteiger partial charge >= 0.3 is 0 Å². The average molecular weight is 623 g/mol. The summed E-state index contributed by atoms with van der Waals surface area (Å²) >= 11 is 1.58. The first-order chi connectivity index (χ1) is 21.0. The molecule has 0 aliphatic carbocycles. The number of ketones is 1. The Morgan fingerprint density at radius 2 is 1.75 bits per heavy atom. The van der Waals surface area contributed by atoms with E-state index in [0.29, 0.717) is 24.7 Å². The molecule has 0 bridgehead atoms. The lowest BCUT2D eigenvalue weighted by Gasteiger charge is -2.34. The molecule has 236 valence electrons. The normalized spacial score (nSPS) is 17.3. The quantitative estimate of drug-likeness (QED) is 0.262. The average Bonchev–Trinajstić information content (AvgIpc) is 3.61. The van der Waals surface area contributed by atoms with Crippen LogP contribution in [0.4, 0.5) is 0 Å². The Kier molecular flexibility index (Phi) is 11.1. The fourth-order valence-electron chi connectivity index (χ4n) is 5.19. The summed E-state index contributed by atoms with van der Waals surface area (Å²) in [4.78, 5) is 47.0. The maximum absolute atomic E-state index is 13.9. The molecule has 0 radical (unpaired) electrons. The lowest BCUT2D eigenvalue weighted by molar-refractivity contribution is -0.146. The van der Waals surface area contributed by atoms with Gasteiger partial charge in [-0.1, -0.05) is 45.0 Å². The fourth-order valence-corrected chi connectivity index (χ4v) is 6.00. The lowest BCUT2D eigenvalue weighted by Crippen LogP contribution is -2.50. The van der Waals surface area contributed by atoms with Crippen LogP contribution in [-0.2, 0) is 20.9 Å². The highest BCUT2D eigenvalue weighted by Crippen LogP contribution is 2.34. The number of rotatable bonds is 13. The molecule has 3 aromatic rings. The smallest absolute Gasteiger partial charge is 0.243 e. The van der Waals surface area contributed by atoms with Crippen LogP contribution in [0.1, 0.15) is 44.9 Å². The van der Waals surface area contributed by atoms with Crippen molar-refractivity contribution in [2.24, 2.45) is 17.1 Å². The number of aromatic nitrogens is 1. The Hall–Kier alpha value is -3.80. The number of Topliss-reactive ketones (excluding diaryl/α,β-unsaturated/α-hetero) is 1.